The third kappa shape index (κ3) is 6.47. The Hall–Kier alpha value is -1.04. The van der Waals surface area contributed by atoms with Gasteiger partial charge in [-0.25, -0.2) is 0 Å². The SMILES string of the molecule is COc1ccc([C@@H]2c3cc(O)ccc3[C@H](c3ccc4c(c3)OCO4)C2C(=O)[O-])c(OCC(=O)[O-])c1.[Na+].[Na+].[Pr]. The van der Waals surface area contributed by atoms with E-state index in [4.69, 9.17) is 18.9 Å². The van der Waals surface area contributed by atoms with Crippen LogP contribution in [0, 0.1) is 47.2 Å². The Bertz CT molecular complexity index is 1330. The summed E-state index contributed by atoms with van der Waals surface area (Å²) in [5.74, 6) is -3.76. The van der Waals surface area contributed by atoms with Gasteiger partial charge in [0.1, 0.15) is 23.9 Å². The van der Waals surface area contributed by atoms with Gasteiger partial charge in [-0.2, -0.15) is 0 Å². The summed E-state index contributed by atoms with van der Waals surface area (Å²) < 4.78 is 21.6. The summed E-state index contributed by atoms with van der Waals surface area (Å²) >= 11 is 0. The fourth-order valence-electron chi connectivity index (χ4n) is 4.98. The van der Waals surface area contributed by atoms with Gasteiger partial charge in [0, 0.05) is 76.6 Å². The van der Waals surface area contributed by atoms with Gasteiger partial charge < -0.3 is 43.9 Å². The summed E-state index contributed by atoms with van der Waals surface area (Å²) in [6.45, 7) is -0.660. The van der Waals surface area contributed by atoms with Crippen LogP contribution in [-0.4, -0.2) is 37.6 Å². The Morgan fingerprint density at radius 2 is 1.63 bits per heavy atom. The molecule has 0 fully saturated rings. The molecular weight excluding hydrogens is 643 g/mol. The van der Waals surface area contributed by atoms with Gasteiger partial charge in [0.05, 0.1) is 13.1 Å². The Morgan fingerprint density at radius 1 is 0.921 bits per heavy atom. The van der Waals surface area contributed by atoms with E-state index in [0.29, 0.717) is 39.5 Å². The molecule has 0 saturated heterocycles. The summed E-state index contributed by atoms with van der Waals surface area (Å²) in [4.78, 5) is 23.7. The summed E-state index contributed by atoms with van der Waals surface area (Å²) in [6, 6.07) is 14.7. The van der Waals surface area contributed by atoms with Crippen LogP contribution in [0.1, 0.15) is 34.1 Å². The number of aliphatic carboxylic acids is 2. The molecule has 1 aliphatic carbocycles. The van der Waals surface area contributed by atoms with E-state index in [2.05, 4.69) is 0 Å². The van der Waals surface area contributed by atoms with Crippen LogP contribution in [0.25, 0.3) is 0 Å². The largest absolute Gasteiger partial charge is 1.00 e. The molecule has 0 spiro atoms. The van der Waals surface area contributed by atoms with Crippen LogP contribution in [0.2, 0.25) is 0 Å². The van der Waals surface area contributed by atoms with Crippen LogP contribution in [0.3, 0.4) is 0 Å². The zero-order valence-corrected chi connectivity index (χ0v) is 28.8. The Labute approximate surface area is 296 Å². The second-order valence-corrected chi connectivity index (χ2v) is 8.29. The topological polar surface area (TPSA) is 137 Å². The number of carbonyl (C=O) groups excluding carboxylic acids is 2. The zero-order chi connectivity index (χ0) is 24.7. The van der Waals surface area contributed by atoms with E-state index < -0.39 is 36.3 Å². The molecule has 1 aliphatic heterocycles. The maximum absolute atomic E-state index is 12.7. The van der Waals surface area contributed by atoms with Gasteiger partial charge in [0.15, 0.2) is 11.5 Å². The number of phenols is 1. The number of carbonyl (C=O) groups is 2. The quantitative estimate of drug-likeness (QED) is 0.247. The van der Waals surface area contributed by atoms with Gasteiger partial charge in [-0.05, 0) is 47.0 Å². The van der Waals surface area contributed by atoms with Crippen LogP contribution in [0.4, 0.5) is 0 Å². The molecule has 1 radical (unpaired) electrons. The maximum Gasteiger partial charge on any atom is 1.00 e. The molecule has 1 unspecified atom stereocenters. The smallest absolute Gasteiger partial charge is 0.550 e. The third-order valence-corrected chi connectivity index (χ3v) is 6.39. The summed E-state index contributed by atoms with van der Waals surface area (Å²) in [5.41, 5.74) is 2.33. The Balaban J connectivity index is 0.00000169. The molecule has 0 bridgehead atoms. The van der Waals surface area contributed by atoms with Crippen LogP contribution < -0.4 is 88.3 Å². The third-order valence-electron chi connectivity index (χ3n) is 6.39. The predicted molar refractivity (Wildman–Crippen MR) is 116 cm³/mol. The molecule has 1 N–H and O–H groups in total. The van der Waals surface area contributed by atoms with Crippen molar-refractivity contribution >= 4 is 11.9 Å². The van der Waals surface area contributed by atoms with Gasteiger partial charge >= 0.3 is 59.1 Å². The van der Waals surface area contributed by atoms with Crippen molar-refractivity contribution in [1.29, 1.82) is 0 Å². The van der Waals surface area contributed by atoms with Crippen molar-refractivity contribution in [3.8, 4) is 28.7 Å². The Morgan fingerprint density at radius 3 is 2.32 bits per heavy atom. The van der Waals surface area contributed by atoms with E-state index in [1.165, 1.54) is 25.3 Å². The second-order valence-electron chi connectivity index (χ2n) is 8.29. The molecule has 12 heteroatoms. The van der Waals surface area contributed by atoms with Gasteiger partial charge in [-0.1, -0.05) is 18.2 Å². The maximum atomic E-state index is 12.7. The number of aromatic hydroxyl groups is 1. The van der Waals surface area contributed by atoms with Crippen molar-refractivity contribution in [2.45, 2.75) is 11.8 Å². The number of carboxylic acids is 2. The molecule has 0 amide bonds. The molecular formula is C26H20Na2O9Pr. The monoisotopic (exact) mass is 663 g/mol. The van der Waals surface area contributed by atoms with E-state index in [1.807, 2.05) is 0 Å². The first-order chi connectivity index (χ1) is 16.9. The first kappa shape index (κ1) is 33.2. The molecule has 2 aliphatic rings. The van der Waals surface area contributed by atoms with Crippen molar-refractivity contribution in [2.75, 3.05) is 20.5 Å². The van der Waals surface area contributed by atoms with Crippen molar-refractivity contribution in [3.63, 3.8) is 0 Å². The van der Waals surface area contributed by atoms with Gasteiger partial charge in [-0.15, -0.1) is 0 Å². The van der Waals surface area contributed by atoms with E-state index >= 15 is 0 Å². The molecule has 1 heterocycles. The number of hydrogen-bond acceptors (Lipinski definition) is 9. The summed E-state index contributed by atoms with van der Waals surface area (Å²) in [5, 5.41) is 34.0. The first-order valence-corrected chi connectivity index (χ1v) is 10.8. The summed E-state index contributed by atoms with van der Waals surface area (Å²) in [7, 11) is 1.44. The molecule has 5 rings (SSSR count). The van der Waals surface area contributed by atoms with Crippen LogP contribution in [0.15, 0.2) is 54.6 Å². The van der Waals surface area contributed by atoms with Crippen molar-refractivity contribution in [3.05, 3.63) is 76.9 Å². The first-order valence-electron chi connectivity index (χ1n) is 10.8. The predicted octanol–water partition coefficient (Wildman–Crippen LogP) is -5.09. The van der Waals surface area contributed by atoms with E-state index in [1.54, 1.807) is 36.4 Å². The molecule has 3 aromatic rings. The van der Waals surface area contributed by atoms with Gasteiger partial charge in [-0.3, -0.25) is 0 Å². The second kappa shape index (κ2) is 14.0. The van der Waals surface area contributed by atoms with E-state index in [9.17, 15) is 24.9 Å². The number of hydrogen-bond donors (Lipinski definition) is 1. The van der Waals surface area contributed by atoms with E-state index in [0.717, 1.165) is 0 Å². The summed E-state index contributed by atoms with van der Waals surface area (Å²) in [6.07, 6.45) is 0. The average molecular weight is 663 g/mol. The minimum atomic E-state index is -1.43. The average Bonchev–Trinajstić information content (AvgIpc) is 3.44. The number of methoxy groups -OCH3 is 1. The number of fused-ring (bicyclic) bond motifs is 2. The van der Waals surface area contributed by atoms with Crippen molar-refractivity contribution < 1.29 is 144 Å². The Kier molecular flexibility index (Phi) is 12.3. The number of ether oxygens (including phenoxy) is 4. The van der Waals surface area contributed by atoms with Gasteiger partial charge in [0.2, 0.25) is 6.79 Å². The molecule has 38 heavy (non-hydrogen) atoms. The van der Waals surface area contributed by atoms with Crippen LogP contribution in [-0.2, 0) is 9.59 Å². The number of phenolic OH excluding ortho intramolecular Hbond substituents is 1. The number of rotatable bonds is 7. The normalized spacial score (nSPS) is 18.2. The van der Waals surface area contributed by atoms with Crippen molar-refractivity contribution in [1.82, 2.24) is 0 Å². The standard InChI is InChI=1S/C26H22O9.2Na.Pr/c1-32-15-4-6-17(20(10-15)33-11-22(28)29)24-18-9-14(27)3-5-16(18)23(25(24)26(30)31)13-2-7-19-21(8-13)35-12-34-19;;;/h2-10,23-25,27H,11-12H2,1H3,(H,28,29)(H,30,31);;;/q;2*+1;/p-2/t23-,24+,25?;;;/m0.../s1. The minimum absolute atomic E-state index is 0. The van der Waals surface area contributed by atoms with E-state index in [-0.39, 0.29) is 119 Å². The minimum Gasteiger partial charge on any atom is -0.550 e. The fraction of sp³-hybridized carbons (Fsp3) is 0.231. The molecule has 0 saturated carbocycles. The molecule has 0 aromatic heterocycles. The molecule has 3 aromatic carbocycles. The van der Waals surface area contributed by atoms with Crippen molar-refractivity contribution in [2.24, 2.45) is 5.92 Å². The van der Waals surface area contributed by atoms with Gasteiger partial charge in [0.25, 0.3) is 0 Å². The van der Waals surface area contributed by atoms with Crippen LogP contribution >= 0.6 is 0 Å². The molecule has 183 valence electrons. The number of benzene rings is 3. The van der Waals surface area contributed by atoms with Crippen LogP contribution in [0.5, 0.6) is 28.7 Å². The zero-order valence-electron chi connectivity index (χ0n) is 21.1. The molecule has 3 atom stereocenters. The number of carboxylic acid groups (broad SMARTS) is 2. The fourth-order valence-corrected chi connectivity index (χ4v) is 4.98. The molecule has 9 nitrogen and oxygen atoms in total.